The number of nitrogens with one attached hydrogen (secondary N) is 2. The number of ether oxygens (including phenoxy) is 2. The molecular weight excluding hydrogens is 867 g/mol. The summed E-state index contributed by atoms with van der Waals surface area (Å²) >= 11 is 0. The predicted molar refractivity (Wildman–Crippen MR) is 258 cm³/mol. The quantitative estimate of drug-likeness (QED) is 0.112. The zero-order valence-corrected chi connectivity index (χ0v) is 38.8. The predicted octanol–water partition coefficient (Wildman–Crippen LogP) is 5.54. The van der Waals surface area contributed by atoms with E-state index in [2.05, 4.69) is 64.3 Å². The van der Waals surface area contributed by atoms with Crippen LogP contribution in [0.4, 0.5) is 8.78 Å². The summed E-state index contributed by atoms with van der Waals surface area (Å²) in [6.45, 7) is 11.7. The smallest absolute Gasteiger partial charge is 0.224 e. The number of piperazine rings is 2. The Labute approximate surface area is 397 Å². The van der Waals surface area contributed by atoms with Gasteiger partial charge >= 0.3 is 0 Å². The first kappa shape index (κ1) is 49.2. The molecule has 6 aromatic rings. The second-order valence-electron chi connectivity index (χ2n) is 16.9. The second kappa shape index (κ2) is 25.4. The van der Waals surface area contributed by atoms with E-state index in [0.717, 1.165) is 87.7 Å². The lowest BCUT2D eigenvalue weighted by atomic mass is 10.0. The number of halogens is 2. The third kappa shape index (κ3) is 15.7. The number of rotatable bonds is 18. The maximum absolute atomic E-state index is 14.8. The van der Waals surface area contributed by atoms with Crippen LogP contribution in [0.2, 0.25) is 0 Å². The second-order valence-corrected chi connectivity index (χ2v) is 16.9. The van der Waals surface area contributed by atoms with E-state index in [1.165, 1.54) is 12.1 Å². The van der Waals surface area contributed by atoms with Gasteiger partial charge in [0.2, 0.25) is 11.8 Å². The number of carbonyl (C=O) groups is 2. The number of likely N-dealkylation sites (N-methyl/N-ethyl adjacent to an activating group) is 2. The highest BCUT2D eigenvalue weighted by molar-refractivity contribution is 5.79. The molecule has 0 aliphatic carbocycles. The molecule has 68 heavy (non-hydrogen) atoms. The van der Waals surface area contributed by atoms with Gasteiger partial charge in [-0.05, 0) is 72.7 Å². The van der Waals surface area contributed by atoms with Gasteiger partial charge in [0.1, 0.15) is 48.0 Å². The summed E-state index contributed by atoms with van der Waals surface area (Å²) in [5.41, 5.74) is 4.21. The monoisotopic (exact) mass is 926 g/mol. The molecule has 2 amide bonds. The van der Waals surface area contributed by atoms with Crippen molar-refractivity contribution in [3.8, 4) is 33.8 Å². The first-order valence-electron chi connectivity index (χ1n) is 23.0. The summed E-state index contributed by atoms with van der Waals surface area (Å²) in [5, 5.41) is 5.61. The molecule has 8 rings (SSSR count). The molecule has 2 fully saturated rings. The Bertz CT molecular complexity index is 2320. The van der Waals surface area contributed by atoms with Crippen molar-refractivity contribution in [3.05, 3.63) is 156 Å². The highest BCUT2D eigenvalue weighted by atomic mass is 19.1. The zero-order chi connectivity index (χ0) is 47.5. The van der Waals surface area contributed by atoms with E-state index in [1.807, 2.05) is 48.5 Å². The summed E-state index contributed by atoms with van der Waals surface area (Å²) in [5.74, 6) is 1.30. The summed E-state index contributed by atoms with van der Waals surface area (Å²) in [4.78, 5) is 50.1. The van der Waals surface area contributed by atoms with E-state index >= 15 is 0 Å². The molecule has 0 saturated carbocycles. The number of amides is 2. The number of benzene rings is 4. The van der Waals surface area contributed by atoms with Crippen molar-refractivity contribution in [2.45, 2.75) is 25.9 Å². The molecule has 16 heteroatoms. The van der Waals surface area contributed by atoms with Gasteiger partial charge < -0.3 is 29.9 Å². The normalized spacial score (nSPS) is 14.6. The maximum Gasteiger partial charge on any atom is 0.224 e. The van der Waals surface area contributed by atoms with Crippen LogP contribution in [0, 0.1) is 11.6 Å². The van der Waals surface area contributed by atoms with E-state index in [1.54, 1.807) is 61.2 Å². The molecule has 4 aromatic carbocycles. The van der Waals surface area contributed by atoms with Crippen LogP contribution in [-0.4, -0.2) is 144 Å². The minimum atomic E-state index is -0.328. The Kier molecular flexibility index (Phi) is 18.4. The van der Waals surface area contributed by atoms with Crippen LogP contribution in [0.25, 0.3) is 22.3 Å². The van der Waals surface area contributed by atoms with Crippen LogP contribution in [0.3, 0.4) is 0 Å². The van der Waals surface area contributed by atoms with Gasteiger partial charge in [0.05, 0.1) is 25.9 Å². The van der Waals surface area contributed by atoms with Gasteiger partial charge in [0.25, 0.3) is 0 Å². The third-order valence-corrected chi connectivity index (χ3v) is 11.8. The van der Waals surface area contributed by atoms with Gasteiger partial charge in [-0.3, -0.25) is 19.4 Å². The summed E-state index contributed by atoms with van der Waals surface area (Å²) in [6.07, 6.45) is 7.02. The largest absolute Gasteiger partial charge is 0.492 e. The van der Waals surface area contributed by atoms with Crippen LogP contribution in [0.1, 0.15) is 22.8 Å². The Balaban J connectivity index is 0.000000201. The van der Waals surface area contributed by atoms with E-state index in [4.69, 9.17) is 9.47 Å². The van der Waals surface area contributed by atoms with Gasteiger partial charge in [0.15, 0.2) is 0 Å². The molecule has 14 nitrogen and oxygen atoms in total. The van der Waals surface area contributed by atoms with Crippen LogP contribution in [-0.2, 0) is 35.5 Å². The van der Waals surface area contributed by atoms with Gasteiger partial charge in [-0.2, -0.15) is 0 Å². The lowest BCUT2D eigenvalue weighted by Crippen LogP contribution is -2.45. The Morgan fingerprint density at radius 1 is 0.529 bits per heavy atom. The molecule has 356 valence electrons. The van der Waals surface area contributed by atoms with E-state index < -0.39 is 0 Å². The Hall–Kier alpha value is -6.72. The lowest BCUT2D eigenvalue weighted by molar-refractivity contribution is -0.121. The number of hydrogen-bond donors (Lipinski definition) is 2. The van der Waals surface area contributed by atoms with E-state index in [0.29, 0.717) is 47.5 Å². The third-order valence-electron chi connectivity index (χ3n) is 11.8. The molecule has 2 saturated heterocycles. The zero-order valence-electron chi connectivity index (χ0n) is 38.8. The molecule has 4 heterocycles. The molecule has 0 radical (unpaired) electrons. The number of aromatic nitrogens is 4. The van der Waals surface area contributed by atoms with Gasteiger partial charge in [0, 0.05) is 113 Å². The standard InChI is InChI=1S/2C26H30FN5O2/c2*1-31-11-13-32(14-12-31)15-16-34-22-7-8-23(24(27)18-22)21-5-3-20(4-6-21)17-26(33)30-19-25-28-9-2-10-29-25/h2*2-10,18H,11-17,19H2,1H3,(H,30,33). The number of nitrogens with zero attached hydrogens (tertiary/aromatic N) is 8. The first-order chi connectivity index (χ1) is 33.1. The Morgan fingerprint density at radius 2 is 0.897 bits per heavy atom. The van der Waals surface area contributed by atoms with Crippen LogP contribution in [0.15, 0.2) is 122 Å². The Morgan fingerprint density at radius 3 is 1.25 bits per heavy atom. The van der Waals surface area contributed by atoms with Crippen molar-refractivity contribution in [1.82, 2.24) is 50.2 Å². The molecule has 0 atom stereocenters. The first-order valence-corrected chi connectivity index (χ1v) is 23.0. The van der Waals surface area contributed by atoms with Crippen molar-refractivity contribution in [2.24, 2.45) is 0 Å². The van der Waals surface area contributed by atoms with Crippen LogP contribution < -0.4 is 20.1 Å². The van der Waals surface area contributed by atoms with Crippen molar-refractivity contribution < 1.29 is 27.8 Å². The van der Waals surface area contributed by atoms with E-state index in [9.17, 15) is 18.4 Å². The number of carbonyl (C=O) groups excluding carboxylic acids is 2. The average molecular weight is 927 g/mol. The average Bonchev–Trinajstić information content (AvgIpc) is 3.35. The minimum Gasteiger partial charge on any atom is -0.492 e. The molecule has 2 N–H and O–H groups in total. The van der Waals surface area contributed by atoms with Gasteiger partial charge in [-0.15, -0.1) is 0 Å². The van der Waals surface area contributed by atoms with Crippen LogP contribution in [0.5, 0.6) is 11.5 Å². The highest BCUT2D eigenvalue weighted by Crippen LogP contribution is 2.28. The van der Waals surface area contributed by atoms with Gasteiger partial charge in [-0.25, -0.2) is 28.7 Å². The summed E-state index contributed by atoms with van der Waals surface area (Å²) < 4.78 is 41.1. The fourth-order valence-electron chi connectivity index (χ4n) is 7.67. The fourth-order valence-corrected chi connectivity index (χ4v) is 7.67. The molecule has 2 aromatic heterocycles. The van der Waals surface area contributed by atoms with Crippen molar-refractivity contribution >= 4 is 11.8 Å². The minimum absolute atomic E-state index is 0.121. The summed E-state index contributed by atoms with van der Waals surface area (Å²) in [7, 11) is 4.26. The topological polar surface area (TPSA) is 141 Å². The summed E-state index contributed by atoms with van der Waals surface area (Å²) in [6, 6.07) is 28.1. The SMILES string of the molecule is CN1CCN(CCOc2ccc(-c3ccc(CC(=O)NCc4ncccn4)cc3)c(F)c2)CC1.CN1CCN(CCOc2ccc(-c3ccc(CC(=O)NCc4ncccn4)cc3)c(F)c2)CC1. The highest BCUT2D eigenvalue weighted by Gasteiger charge is 2.16. The molecule has 2 aliphatic rings. The van der Waals surface area contributed by atoms with Crippen molar-refractivity contribution in [2.75, 3.05) is 92.8 Å². The molecule has 0 bridgehead atoms. The molecule has 0 unspecified atom stereocenters. The molecule has 0 spiro atoms. The van der Waals surface area contributed by atoms with Gasteiger partial charge in [-0.1, -0.05) is 48.5 Å². The van der Waals surface area contributed by atoms with E-state index in [-0.39, 0.29) is 49.4 Å². The number of hydrogen-bond acceptors (Lipinski definition) is 12. The fraction of sp³-hybridized carbons (Fsp3) is 0.346. The molecular formula is C52H60F2N10O4. The lowest BCUT2D eigenvalue weighted by Gasteiger charge is -2.32. The maximum atomic E-state index is 14.8. The molecule has 2 aliphatic heterocycles. The van der Waals surface area contributed by atoms with Crippen molar-refractivity contribution in [3.63, 3.8) is 0 Å². The van der Waals surface area contributed by atoms with Crippen molar-refractivity contribution in [1.29, 1.82) is 0 Å². The van der Waals surface area contributed by atoms with Crippen LogP contribution >= 0.6 is 0 Å².